The maximum absolute atomic E-state index is 12.0. The molecule has 86 valence electrons. The Hall–Kier alpha value is -1.45. The van der Waals surface area contributed by atoms with E-state index in [1.54, 1.807) is 6.20 Å². The fourth-order valence-electron chi connectivity index (χ4n) is 2.21. The van der Waals surface area contributed by atoms with Gasteiger partial charge >= 0.3 is 0 Å². The van der Waals surface area contributed by atoms with Crippen molar-refractivity contribution in [3.8, 4) is 0 Å². The average molecular weight is 219 g/mol. The lowest BCUT2D eigenvalue weighted by Gasteiger charge is -2.25. The quantitative estimate of drug-likeness (QED) is 0.779. The molecule has 0 saturated heterocycles. The molecule has 2 rings (SSSR count). The number of carbonyl (C=O) groups excluding carboxylic acids is 1. The number of aryl methyl sites for hydroxylation is 1. The van der Waals surface area contributed by atoms with Gasteiger partial charge in [-0.2, -0.15) is 0 Å². The van der Waals surface area contributed by atoms with Crippen LogP contribution in [0.2, 0.25) is 0 Å². The third-order valence-corrected chi connectivity index (χ3v) is 3.11. The molecule has 4 nitrogen and oxygen atoms in total. The second-order valence-corrected chi connectivity index (χ2v) is 4.18. The molecule has 0 fully saturated rings. The maximum Gasteiger partial charge on any atom is 0.233 e. The molecule has 1 aliphatic rings. The highest BCUT2D eigenvalue weighted by Gasteiger charge is 2.33. The Kier molecular flexibility index (Phi) is 2.90. The number of hydrogen-bond acceptors (Lipinski definition) is 3. The second kappa shape index (κ2) is 4.20. The summed E-state index contributed by atoms with van der Waals surface area (Å²) in [6.07, 6.45) is 4.15. The second-order valence-electron chi connectivity index (χ2n) is 4.18. The van der Waals surface area contributed by atoms with Gasteiger partial charge in [0.25, 0.3) is 0 Å². The Morgan fingerprint density at radius 3 is 2.75 bits per heavy atom. The zero-order valence-corrected chi connectivity index (χ0v) is 10.0. The van der Waals surface area contributed by atoms with E-state index in [1.807, 2.05) is 11.8 Å². The number of hydrogen-bond donors (Lipinski definition) is 0. The molecule has 1 aliphatic heterocycles. The van der Waals surface area contributed by atoms with Crippen molar-refractivity contribution in [3.05, 3.63) is 17.6 Å². The molecule has 16 heavy (non-hydrogen) atoms. The highest BCUT2D eigenvalue weighted by atomic mass is 16.2. The number of fused-ring (bicyclic) bond motifs is 1. The van der Waals surface area contributed by atoms with Crippen LogP contribution in [-0.4, -0.2) is 21.9 Å². The lowest BCUT2D eigenvalue weighted by Crippen LogP contribution is -2.37. The van der Waals surface area contributed by atoms with E-state index in [9.17, 15) is 4.79 Å². The molecule has 0 N–H and O–H groups in total. The first-order valence-corrected chi connectivity index (χ1v) is 5.82. The molecule has 1 aromatic heterocycles. The van der Waals surface area contributed by atoms with Gasteiger partial charge in [0.1, 0.15) is 11.6 Å². The minimum absolute atomic E-state index is 0.156. The van der Waals surface area contributed by atoms with Gasteiger partial charge in [0, 0.05) is 17.8 Å². The topological polar surface area (TPSA) is 46.1 Å². The summed E-state index contributed by atoms with van der Waals surface area (Å²) in [6, 6.07) is 0.267. The number of rotatable bonds is 3. The van der Waals surface area contributed by atoms with Crippen molar-refractivity contribution in [3.63, 3.8) is 0 Å². The molecule has 0 bridgehead atoms. The van der Waals surface area contributed by atoms with Crippen molar-refractivity contribution < 1.29 is 4.79 Å². The van der Waals surface area contributed by atoms with Gasteiger partial charge in [0.05, 0.1) is 6.42 Å². The molecule has 0 aromatic carbocycles. The van der Waals surface area contributed by atoms with Crippen LogP contribution in [0, 0.1) is 6.92 Å². The van der Waals surface area contributed by atoms with E-state index in [1.165, 1.54) is 0 Å². The Balaban J connectivity index is 2.41. The number of nitrogens with zero attached hydrogens (tertiary/aromatic N) is 3. The van der Waals surface area contributed by atoms with Crippen LogP contribution in [0.5, 0.6) is 0 Å². The van der Waals surface area contributed by atoms with E-state index in [-0.39, 0.29) is 11.9 Å². The monoisotopic (exact) mass is 219 g/mol. The predicted molar refractivity (Wildman–Crippen MR) is 62.3 cm³/mol. The normalized spacial score (nSPS) is 14.8. The summed E-state index contributed by atoms with van der Waals surface area (Å²) >= 11 is 0. The largest absolute Gasteiger partial charge is 0.293 e. The predicted octanol–water partition coefficient (Wildman–Crippen LogP) is 1.86. The zero-order chi connectivity index (χ0) is 11.7. The maximum atomic E-state index is 12.0. The average Bonchev–Trinajstić information content (AvgIpc) is 2.58. The summed E-state index contributed by atoms with van der Waals surface area (Å²) < 4.78 is 0. The number of carbonyl (C=O) groups is 1. The van der Waals surface area contributed by atoms with Crippen LogP contribution in [0.1, 0.15) is 38.1 Å². The molecule has 0 spiro atoms. The zero-order valence-electron chi connectivity index (χ0n) is 10.0. The summed E-state index contributed by atoms with van der Waals surface area (Å²) in [7, 11) is 0. The summed E-state index contributed by atoms with van der Waals surface area (Å²) in [4.78, 5) is 22.3. The van der Waals surface area contributed by atoms with Crippen LogP contribution in [0.3, 0.4) is 0 Å². The van der Waals surface area contributed by atoms with Crippen molar-refractivity contribution >= 4 is 11.7 Å². The molecule has 0 aliphatic carbocycles. The summed E-state index contributed by atoms with van der Waals surface area (Å²) in [5, 5.41) is 0. The highest BCUT2D eigenvalue weighted by Crippen LogP contribution is 2.29. The van der Waals surface area contributed by atoms with Crippen molar-refractivity contribution in [2.24, 2.45) is 0 Å². The van der Waals surface area contributed by atoms with E-state index in [2.05, 4.69) is 23.8 Å². The van der Waals surface area contributed by atoms with Gasteiger partial charge in [-0.25, -0.2) is 9.97 Å². The smallest absolute Gasteiger partial charge is 0.233 e. The fraction of sp³-hybridized carbons (Fsp3) is 0.583. The van der Waals surface area contributed by atoms with Gasteiger partial charge in [0.15, 0.2) is 0 Å². The van der Waals surface area contributed by atoms with Crippen LogP contribution < -0.4 is 4.90 Å². The third-order valence-electron chi connectivity index (χ3n) is 3.11. The molecule has 0 atom stereocenters. The molecule has 0 unspecified atom stereocenters. The molecule has 0 radical (unpaired) electrons. The minimum atomic E-state index is 0.156. The Bertz CT molecular complexity index is 413. The third kappa shape index (κ3) is 1.68. The SMILES string of the molecule is CCC(CC)N1C(=O)Cc2cnc(C)nc21. The van der Waals surface area contributed by atoms with E-state index in [0.29, 0.717) is 6.42 Å². The molecular formula is C12H17N3O. The van der Waals surface area contributed by atoms with Crippen LogP contribution in [0.4, 0.5) is 5.82 Å². The van der Waals surface area contributed by atoms with Crippen LogP contribution in [0.15, 0.2) is 6.20 Å². The summed E-state index contributed by atoms with van der Waals surface area (Å²) in [5.41, 5.74) is 0.961. The van der Waals surface area contributed by atoms with Crippen molar-refractivity contribution in [1.29, 1.82) is 0 Å². The lowest BCUT2D eigenvalue weighted by molar-refractivity contribution is -0.117. The number of amides is 1. The first-order chi connectivity index (χ1) is 7.67. The fourth-order valence-corrected chi connectivity index (χ4v) is 2.21. The van der Waals surface area contributed by atoms with Gasteiger partial charge < -0.3 is 0 Å². The van der Waals surface area contributed by atoms with Crippen LogP contribution in [0.25, 0.3) is 0 Å². The summed E-state index contributed by atoms with van der Waals surface area (Å²) in [5.74, 6) is 1.71. The first kappa shape index (κ1) is 11.0. The molecule has 4 heteroatoms. The highest BCUT2D eigenvalue weighted by molar-refractivity contribution is 6.00. The molecule has 0 saturated carbocycles. The van der Waals surface area contributed by atoms with Crippen LogP contribution >= 0.6 is 0 Å². The number of anilines is 1. The van der Waals surface area contributed by atoms with Gasteiger partial charge in [-0.05, 0) is 19.8 Å². The van der Waals surface area contributed by atoms with E-state index < -0.39 is 0 Å². The van der Waals surface area contributed by atoms with Gasteiger partial charge in [-0.3, -0.25) is 9.69 Å². The van der Waals surface area contributed by atoms with Gasteiger partial charge in [-0.15, -0.1) is 0 Å². The molecular weight excluding hydrogens is 202 g/mol. The van der Waals surface area contributed by atoms with Crippen molar-refractivity contribution in [2.75, 3.05) is 4.90 Å². The Morgan fingerprint density at radius 2 is 2.12 bits per heavy atom. The molecule has 1 aromatic rings. The Morgan fingerprint density at radius 1 is 1.44 bits per heavy atom. The standard InChI is InChI=1S/C12H17N3O/c1-4-10(5-2)15-11(16)6-9-7-13-8(3)14-12(9)15/h7,10H,4-6H2,1-3H3. The van der Waals surface area contributed by atoms with Crippen molar-refractivity contribution in [2.45, 2.75) is 46.1 Å². The van der Waals surface area contributed by atoms with Gasteiger partial charge in [-0.1, -0.05) is 13.8 Å². The molecule has 2 heterocycles. The number of aromatic nitrogens is 2. The van der Waals surface area contributed by atoms with E-state index in [4.69, 9.17) is 0 Å². The first-order valence-electron chi connectivity index (χ1n) is 5.82. The Labute approximate surface area is 95.7 Å². The summed E-state index contributed by atoms with van der Waals surface area (Å²) in [6.45, 7) is 6.06. The molecule has 1 amide bonds. The minimum Gasteiger partial charge on any atom is -0.293 e. The van der Waals surface area contributed by atoms with E-state index >= 15 is 0 Å². The van der Waals surface area contributed by atoms with Crippen molar-refractivity contribution in [1.82, 2.24) is 9.97 Å². The van der Waals surface area contributed by atoms with Crippen LogP contribution in [-0.2, 0) is 11.2 Å². The lowest BCUT2D eigenvalue weighted by atomic mass is 10.1. The van der Waals surface area contributed by atoms with E-state index in [0.717, 1.165) is 30.0 Å². The van der Waals surface area contributed by atoms with Gasteiger partial charge in [0.2, 0.25) is 5.91 Å².